The highest BCUT2D eigenvalue weighted by molar-refractivity contribution is 7.26. The molecule has 4 heterocycles. The van der Waals surface area contributed by atoms with Crippen molar-refractivity contribution >= 4 is 86.2 Å². The van der Waals surface area contributed by atoms with Gasteiger partial charge in [0, 0.05) is 48.3 Å². The summed E-state index contributed by atoms with van der Waals surface area (Å²) in [5, 5.41) is 8.10. The predicted molar refractivity (Wildman–Crippen MR) is 205 cm³/mol. The first-order chi connectivity index (χ1) is 24.3. The van der Waals surface area contributed by atoms with Crippen LogP contribution in [0.1, 0.15) is 0 Å². The van der Waals surface area contributed by atoms with Crippen molar-refractivity contribution in [1.29, 1.82) is 0 Å². The average molecular weight is 644 g/mol. The SMILES string of the molecule is c1ccc(-c2nc(-n3c4ccccc4c4cccc(-c5cccc6c5oc5ccc7ccccc7c56)c43)nc3c2sc2ccccc23)cc1. The molecule has 11 aromatic rings. The molecule has 0 saturated carbocycles. The number of hydrogen-bond donors (Lipinski definition) is 0. The summed E-state index contributed by atoms with van der Waals surface area (Å²) in [7, 11) is 0. The first-order valence-electron chi connectivity index (χ1n) is 16.4. The van der Waals surface area contributed by atoms with E-state index in [2.05, 4.69) is 156 Å². The summed E-state index contributed by atoms with van der Waals surface area (Å²) < 4.78 is 11.3. The summed E-state index contributed by atoms with van der Waals surface area (Å²) in [5.74, 6) is 0.649. The van der Waals surface area contributed by atoms with E-state index in [0.717, 1.165) is 81.7 Å². The third-order valence-electron chi connectivity index (χ3n) is 9.83. The van der Waals surface area contributed by atoms with Gasteiger partial charge in [-0.05, 0) is 29.0 Å². The van der Waals surface area contributed by atoms with Gasteiger partial charge in [-0.1, -0.05) is 133 Å². The van der Waals surface area contributed by atoms with E-state index in [1.54, 1.807) is 11.3 Å². The topological polar surface area (TPSA) is 43.9 Å². The van der Waals surface area contributed by atoms with E-state index in [-0.39, 0.29) is 0 Å². The Morgan fingerprint density at radius 3 is 2.14 bits per heavy atom. The number of nitrogens with zero attached hydrogens (tertiary/aromatic N) is 3. The van der Waals surface area contributed by atoms with Gasteiger partial charge in [0.25, 0.3) is 0 Å². The molecule has 7 aromatic carbocycles. The Kier molecular flexibility index (Phi) is 5.51. The smallest absolute Gasteiger partial charge is 0.235 e. The maximum atomic E-state index is 6.75. The molecule has 11 rings (SSSR count). The summed E-state index contributed by atoms with van der Waals surface area (Å²) >= 11 is 1.75. The van der Waals surface area contributed by atoms with E-state index in [0.29, 0.717) is 5.95 Å². The van der Waals surface area contributed by atoms with E-state index >= 15 is 0 Å². The minimum atomic E-state index is 0.649. The van der Waals surface area contributed by atoms with Gasteiger partial charge in [-0.2, -0.15) is 0 Å². The first kappa shape index (κ1) is 26.7. The van der Waals surface area contributed by atoms with Gasteiger partial charge in [0.2, 0.25) is 5.95 Å². The number of hydrogen-bond acceptors (Lipinski definition) is 4. The van der Waals surface area contributed by atoms with Crippen LogP contribution in [0.4, 0.5) is 0 Å². The van der Waals surface area contributed by atoms with Crippen LogP contribution < -0.4 is 0 Å². The van der Waals surface area contributed by atoms with E-state index in [4.69, 9.17) is 14.4 Å². The van der Waals surface area contributed by atoms with Crippen LogP contribution in [0.2, 0.25) is 0 Å². The van der Waals surface area contributed by atoms with Gasteiger partial charge in [0.15, 0.2) is 0 Å². The molecule has 228 valence electrons. The lowest BCUT2D eigenvalue weighted by Gasteiger charge is -2.12. The molecule has 0 atom stereocenters. The molecule has 0 bridgehead atoms. The third kappa shape index (κ3) is 3.79. The fourth-order valence-electron chi connectivity index (χ4n) is 7.69. The minimum Gasteiger partial charge on any atom is -0.455 e. The highest BCUT2D eigenvalue weighted by Gasteiger charge is 2.23. The quantitative estimate of drug-likeness (QED) is 0.192. The lowest BCUT2D eigenvalue weighted by atomic mass is 9.98. The Bertz CT molecular complexity index is 3110. The van der Waals surface area contributed by atoms with Crippen molar-refractivity contribution in [1.82, 2.24) is 14.5 Å². The molecule has 0 unspecified atom stereocenters. The maximum Gasteiger partial charge on any atom is 0.235 e. The molecule has 0 aliphatic rings. The van der Waals surface area contributed by atoms with Crippen LogP contribution >= 0.6 is 11.3 Å². The number of rotatable bonds is 3. The zero-order valence-electron chi connectivity index (χ0n) is 26.1. The Morgan fingerprint density at radius 2 is 1.24 bits per heavy atom. The molecule has 4 aromatic heterocycles. The lowest BCUT2D eigenvalue weighted by Crippen LogP contribution is -2.03. The third-order valence-corrected chi connectivity index (χ3v) is 11.0. The largest absolute Gasteiger partial charge is 0.455 e. The number of fused-ring (bicyclic) bond motifs is 11. The second kappa shape index (κ2) is 10.1. The molecule has 0 aliphatic heterocycles. The molecule has 49 heavy (non-hydrogen) atoms. The van der Waals surface area contributed by atoms with Crippen molar-refractivity contribution in [2.45, 2.75) is 0 Å². The van der Waals surface area contributed by atoms with Crippen LogP contribution in [0, 0.1) is 0 Å². The van der Waals surface area contributed by atoms with Crippen LogP contribution in [0.5, 0.6) is 0 Å². The van der Waals surface area contributed by atoms with Gasteiger partial charge in [-0.15, -0.1) is 11.3 Å². The molecule has 0 amide bonds. The molecule has 0 spiro atoms. The molecule has 0 aliphatic carbocycles. The molecule has 0 saturated heterocycles. The fourth-order valence-corrected chi connectivity index (χ4v) is 8.85. The summed E-state index contributed by atoms with van der Waals surface area (Å²) in [6.45, 7) is 0. The van der Waals surface area contributed by atoms with Gasteiger partial charge < -0.3 is 4.42 Å². The Balaban J connectivity index is 1.27. The van der Waals surface area contributed by atoms with Crippen LogP contribution in [0.25, 0.3) is 103 Å². The monoisotopic (exact) mass is 643 g/mol. The maximum absolute atomic E-state index is 6.75. The highest BCUT2D eigenvalue weighted by atomic mass is 32.1. The van der Waals surface area contributed by atoms with Gasteiger partial charge in [0.1, 0.15) is 11.2 Å². The van der Waals surface area contributed by atoms with Gasteiger partial charge in [-0.25, -0.2) is 9.97 Å². The van der Waals surface area contributed by atoms with Crippen LogP contribution in [-0.2, 0) is 0 Å². The van der Waals surface area contributed by atoms with Crippen molar-refractivity contribution in [3.05, 3.63) is 152 Å². The zero-order chi connectivity index (χ0) is 32.1. The zero-order valence-corrected chi connectivity index (χ0v) is 26.9. The summed E-state index contributed by atoms with van der Waals surface area (Å²) in [6, 6.07) is 53.4. The highest BCUT2D eigenvalue weighted by Crippen LogP contribution is 2.44. The molecule has 5 heteroatoms. The van der Waals surface area contributed by atoms with Gasteiger partial charge >= 0.3 is 0 Å². The molecular weight excluding hydrogens is 619 g/mol. The van der Waals surface area contributed by atoms with Crippen molar-refractivity contribution < 1.29 is 4.42 Å². The molecule has 0 N–H and O–H groups in total. The first-order valence-corrected chi connectivity index (χ1v) is 17.2. The summed E-state index contributed by atoms with van der Waals surface area (Å²) in [4.78, 5) is 10.8. The Labute approximate surface area is 284 Å². The number of thiophene rings is 1. The average Bonchev–Trinajstić information content (AvgIpc) is 3.85. The Morgan fingerprint density at radius 1 is 0.531 bits per heavy atom. The summed E-state index contributed by atoms with van der Waals surface area (Å²) in [6.07, 6.45) is 0. The minimum absolute atomic E-state index is 0.649. The second-order valence-electron chi connectivity index (χ2n) is 12.5. The standard InChI is InChI=1S/C44H25N3OS/c1-2-13-27(14-3-1)39-43-40(33-17-7-9-23-37(33)49-43)46-44(45-39)47-35-22-8-6-16-29(35)30-18-10-19-31(41(30)47)32-20-11-21-34-38-28-15-5-4-12-26(28)24-25-36(38)48-42(32)34/h1-25H. The van der Waals surface area contributed by atoms with Gasteiger partial charge in [0.05, 0.1) is 26.9 Å². The van der Waals surface area contributed by atoms with Crippen molar-refractivity contribution in [2.75, 3.05) is 0 Å². The van der Waals surface area contributed by atoms with Crippen LogP contribution in [-0.4, -0.2) is 14.5 Å². The van der Waals surface area contributed by atoms with Crippen molar-refractivity contribution in [3.8, 4) is 28.3 Å². The van der Waals surface area contributed by atoms with E-state index < -0.39 is 0 Å². The van der Waals surface area contributed by atoms with E-state index in [1.165, 1.54) is 15.5 Å². The van der Waals surface area contributed by atoms with E-state index in [1.807, 2.05) is 0 Å². The van der Waals surface area contributed by atoms with Crippen LogP contribution in [0.15, 0.2) is 156 Å². The number of para-hydroxylation sites is 3. The second-order valence-corrected chi connectivity index (χ2v) is 13.6. The molecule has 0 radical (unpaired) electrons. The predicted octanol–water partition coefficient (Wildman–Crippen LogP) is 12.3. The van der Waals surface area contributed by atoms with Gasteiger partial charge in [-0.3, -0.25) is 4.57 Å². The molecule has 4 nitrogen and oxygen atoms in total. The normalized spacial score (nSPS) is 12.1. The molecule has 0 fully saturated rings. The molecular formula is C44H25N3OS. The Hall–Kier alpha value is -6.30. The summed E-state index contributed by atoms with van der Waals surface area (Å²) in [5.41, 5.74) is 8.98. The lowest BCUT2D eigenvalue weighted by molar-refractivity contribution is 0.670. The van der Waals surface area contributed by atoms with Crippen molar-refractivity contribution in [2.24, 2.45) is 0 Å². The number of aromatic nitrogens is 3. The van der Waals surface area contributed by atoms with E-state index in [9.17, 15) is 0 Å². The number of benzene rings is 7. The fraction of sp³-hybridized carbons (Fsp3) is 0. The number of furan rings is 1. The van der Waals surface area contributed by atoms with Crippen LogP contribution in [0.3, 0.4) is 0 Å². The van der Waals surface area contributed by atoms with Crippen molar-refractivity contribution in [3.63, 3.8) is 0 Å².